The van der Waals surface area contributed by atoms with E-state index in [0.29, 0.717) is 0 Å². The van der Waals surface area contributed by atoms with Crippen molar-refractivity contribution in [3.8, 4) is 78.9 Å². The van der Waals surface area contributed by atoms with Crippen LogP contribution in [0.3, 0.4) is 0 Å². The summed E-state index contributed by atoms with van der Waals surface area (Å²) in [6, 6.07) is 76.0. The van der Waals surface area contributed by atoms with Crippen molar-refractivity contribution in [3.05, 3.63) is 228 Å². The minimum atomic E-state index is -0.208. The molecule has 94 heavy (non-hydrogen) atoms. The molecule has 4 aliphatic heterocycles. The highest BCUT2D eigenvalue weighted by Crippen LogP contribution is 2.50. The van der Waals surface area contributed by atoms with Gasteiger partial charge in [-0.05, 0) is 183 Å². The van der Waals surface area contributed by atoms with Crippen molar-refractivity contribution in [3.63, 3.8) is 0 Å². The molecule has 0 saturated heterocycles. The molecule has 0 N–H and O–H groups in total. The van der Waals surface area contributed by atoms with Gasteiger partial charge in [-0.3, -0.25) is 0 Å². The Labute approximate surface area is 555 Å². The van der Waals surface area contributed by atoms with E-state index in [9.17, 15) is 0 Å². The van der Waals surface area contributed by atoms with Gasteiger partial charge in [0.25, 0.3) is 13.4 Å². The van der Waals surface area contributed by atoms with Crippen molar-refractivity contribution in [2.45, 2.75) is 144 Å². The van der Waals surface area contributed by atoms with Gasteiger partial charge in [-0.2, -0.15) is 0 Å². The van der Waals surface area contributed by atoms with Crippen molar-refractivity contribution in [2.75, 3.05) is 0 Å². The molecule has 4 nitrogen and oxygen atoms in total. The summed E-state index contributed by atoms with van der Waals surface area (Å²) in [5.41, 5.74) is 31.8. The van der Waals surface area contributed by atoms with Crippen molar-refractivity contribution in [2.24, 2.45) is 0 Å². The highest BCUT2D eigenvalue weighted by atomic mass is 16.5. The summed E-state index contributed by atoms with van der Waals surface area (Å²) in [6.07, 6.45) is 4.04. The van der Waals surface area contributed by atoms with Gasteiger partial charge < -0.3 is 18.6 Å². The van der Waals surface area contributed by atoms with Gasteiger partial charge in [0.05, 0.1) is 22.4 Å². The quantitative estimate of drug-likeness (QED) is 0.142. The van der Waals surface area contributed by atoms with Gasteiger partial charge in [0.2, 0.25) is 0 Å². The van der Waals surface area contributed by atoms with Crippen molar-refractivity contribution >= 4 is 89.8 Å². The van der Waals surface area contributed by atoms with Crippen LogP contribution in [0.5, 0.6) is 23.0 Å². The Hall–Kier alpha value is -9.25. The molecule has 0 spiro atoms. The van der Waals surface area contributed by atoms with E-state index in [1.165, 1.54) is 132 Å². The number of aryl methyl sites for hydroxylation is 2. The summed E-state index contributed by atoms with van der Waals surface area (Å²) >= 11 is 0. The molecule has 0 amide bonds. The van der Waals surface area contributed by atoms with E-state index in [1.807, 2.05) is 0 Å². The predicted octanol–water partition coefficient (Wildman–Crippen LogP) is 19.5. The molecule has 0 bridgehead atoms. The Balaban J connectivity index is 1.02. The Bertz CT molecular complexity index is 5010. The van der Waals surface area contributed by atoms with Crippen LogP contribution < -0.4 is 42.3 Å². The molecule has 6 heteroatoms. The standard InChI is InChI=1S/C88H82B2N2O2/c1-15-17-51-19-41-75-69(43-51)89-71-49-59(55-25-35-63(36-26-55)87(9,10)11)47-67-65-45-57(53-21-31-61(32-22-53)85(3,4)5)29-39-73(65)91(79(67)71)81-77(89)83(93-75)82-78-84(81)94-76-42-20-52(18-16-2)44-70(76)90(78)72-50-60(56-27-37-64(38-28-56)88(12,13)14)48-68-66-46-58(30-40-74(66)92(82)80(68)72)54-23-33-62(34-24-54)86(6,7)8/h19-50H,15-18H2,1-14H3. The number of hydrogen-bond donors (Lipinski definition) is 0. The first kappa shape index (κ1) is 58.6. The first-order valence-electron chi connectivity index (χ1n) is 34.6. The molecule has 0 aliphatic carbocycles. The fraction of sp³-hybridized carbons (Fsp3) is 0.250. The fourth-order valence-electron chi connectivity index (χ4n) is 16.4. The third-order valence-corrected chi connectivity index (χ3v) is 21.5. The zero-order valence-electron chi connectivity index (χ0n) is 57.2. The van der Waals surface area contributed by atoms with Crippen LogP contribution in [0.1, 0.15) is 143 Å². The zero-order valence-corrected chi connectivity index (χ0v) is 57.2. The van der Waals surface area contributed by atoms with E-state index in [4.69, 9.17) is 9.47 Å². The summed E-state index contributed by atoms with van der Waals surface area (Å²) in [5, 5.41) is 4.89. The average Bonchev–Trinajstić information content (AvgIpc) is 1.30. The number of rotatable bonds is 8. The van der Waals surface area contributed by atoms with Crippen LogP contribution >= 0.6 is 0 Å². The van der Waals surface area contributed by atoms with E-state index in [0.717, 1.165) is 82.0 Å². The Kier molecular flexibility index (Phi) is 12.8. The molecule has 0 radical (unpaired) electrons. The number of aromatic nitrogens is 2. The minimum Gasteiger partial charge on any atom is -0.456 e. The summed E-state index contributed by atoms with van der Waals surface area (Å²) in [7, 11) is 0. The fourth-order valence-corrected chi connectivity index (χ4v) is 16.4. The van der Waals surface area contributed by atoms with Crippen molar-refractivity contribution in [1.82, 2.24) is 9.13 Å². The number of hydrogen-bond acceptors (Lipinski definition) is 2. The van der Waals surface area contributed by atoms with E-state index in [-0.39, 0.29) is 35.1 Å². The van der Waals surface area contributed by atoms with Crippen LogP contribution in [0.4, 0.5) is 0 Å². The smallest absolute Gasteiger partial charge is 0.256 e. The normalized spacial score (nSPS) is 13.7. The van der Waals surface area contributed by atoms with E-state index < -0.39 is 0 Å². The molecule has 462 valence electrons. The van der Waals surface area contributed by atoms with Crippen molar-refractivity contribution in [1.29, 1.82) is 0 Å². The maximum atomic E-state index is 7.99. The second-order valence-corrected chi connectivity index (χ2v) is 31.9. The topological polar surface area (TPSA) is 28.3 Å². The highest BCUT2D eigenvalue weighted by molar-refractivity contribution is 7.02. The number of fused-ring (bicyclic) bond motifs is 16. The maximum absolute atomic E-state index is 7.99. The lowest BCUT2D eigenvalue weighted by Gasteiger charge is -2.41. The second-order valence-electron chi connectivity index (χ2n) is 31.9. The first-order valence-corrected chi connectivity index (χ1v) is 34.6. The minimum absolute atomic E-state index is 0.0166. The van der Waals surface area contributed by atoms with Gasteiger partial charge >= 0.3 is 0 Å². The molecule has 0 unspecified atom stereocenters. The molecule has 2 aromatic heterocycles. The lowest BCUT2D eigenvalue weighted by molar-refractivity contribution is 0.472. The molecule has 0 fully saturated rings. The van der Waals surface area contributed by atoms with Gasteiger partial charge in [-0.1, -0.05) is 255 Å². The molecular weight excluding hydrogens is 1140 g/mol. The molecular formula is C88H82B2N2O2. The van der Waals surface area contributed by atoms with Crippen LogP contribution in [0.2, 0.25) is 0 Å². The van der Waals surface area contributed by atoms with Crippen LogP contribution in [0, 0.1) is 0 Å². The van der Waals surface area contributed by atoms with Gasteiger partial charge in [-0.25, -0.2) is 0 Å². The molecule has 0 saturated carbocycles. The van der Waals surface area contributed by atoms with E-state index in [2.05, 4.69) is 300 Å². The largest absolute Gasteiger partial charge is 0.456 e. The van der Waals surface area contributed by atoms with Crippen LogP contribution in [-0.4, -0.2) is 22.6 Å². The number of nitrogens with zero attached hydrogens (tertiary/aromatic N) is 2. The van der Waals surface area contributed by atoms with Crippen LogP contribution in [0.25, 0.3) is 99.5 Å². The van der Waals surface area contributed by atoms with Gasteiger partial charge in [0.1, 0.15) is 23.0 Å². The van der Waals surface area contributed by atoms with E-state index >= 15 is 0 Å². The molecule has 17 rings (SSSR count). The number of ether oxygens (including phenoxy) is 2. The number of benzene rings is 11. The third-order valence-electron chi connectivity index (χ3n) is 21.5. The monoisotopic (exact) mass is 1220 g/mol. The highest BCUT2D eigenvalue weighted by Gasteiger charge is 2.51. The SMILES string of the molecule is CCCc1ccc2c(c1)B1c3c(c4c5c(c3-n3c6ccc(-c7ccc(C(C)(C)C)cc7)cc6c6cc(-c7ccc(C(C)(C)C)cc7)cc1c63)Oc1ccc(CCC)cc1B5c1cc(-c3ccc(C(C)(C)C)cc3)cc3c5cc(-c6ccc(C(C)(C)C)cc6)ccc5n-4c13)O2. The molecule has 6 heterocycles. The zero-order chi connectivity index (χ0) is 64.8. The lowest BCUT2D eigenvalue weighted by atomic mass is 9.31. The third kappa shape index (κ3) is 8.94. The van der Waals surface area contributed by atoms with Crippen molar-refractivity contribution < 1.29 is 9.47 Å². The van der Waals surface area contributed by atoms with Crippen LogP contribution in [0.15, 0.2) is 194 Å². The van der Waals surface area contributed by atoms with Gasteiger partial charge in [-0.15, -0.1) is 0 Å². The lowest BCUT2D eigenvalue weighted by Crippen LogP contribution is -2.63. The first-order chi connectivity index (χ1) is 45.0. The van der Waals surface area contributed by atoms with Gasteiger partial charge in [0, 0.05) is 43.5 Å². The summed E-state index contributed by atoms with van der Waals surface area (Å²) in [5.74, 6) is 3.62. The molecule has 11 aromatic carbocycles. The van der Waals surface area contributed by atoms with Crippen LogP contribution in [-0.2, 0) is 34.5 Å². The summed E-state index contributed by atoms with van der Waals surface area (Å²) < 4.78 is 21.2. The summed E-state index contributed by atoms with van der Waals surface area (Å²) in [4.78, 5) is 0. The Morgan fingerprint density at radius 1 is 0.309 bits per heavy atom. The molecule has 4 aliphatic rings. The Morgan fingerprint density at radius 2 is 0.617 bits per heavy atom. The predicted molar refractivity (Wildman–Crippen MR) is 402 cm³/mol. The molecule has 13 aromatic rings. The second kappa shape index (κ2) is 20.6. The Morgan fingerprint density at radius 3 is 0.936 bits per heavy atom. The van der Waals surface area contributed by atoms with Gasteiger partial charge in [0.15, 0.2) is 0 Å². The summed E-state index contributed by atoms with van der Waals surface area (Å²) in [6.45, 7) is 31.8. The maximum Gasteiger partial charge on any atom is 0.256 e. The molecule has 0 atom stereocenters. The van der Waals surface area contributed by atoms with E-state index in [1.54, 1.807) is 0 Å². The average molecular weight is 1220 g/mol.